The Bertz CT molecular complexity index is 1370. The lowest BCUT2D eigenvalue weighted by atomic mass is 9.72. The number of fused-ring (bicyclic) bond motifs is 5. The highest BCUT2D eigenvalue weighted by Crippen LogP contribution is 2.52. The average Bonchev–Trinajstić information content (AvgIpc) is 3.45. The number of anilines is 2. The van der Waals surface area contributed by atoms with E-state index in [0.717, 1.165) is 21.5 Å². The number of carbonyl (C=O) groups excluding carboxylic acids is 2. The van der Waals surface area contributed by atoms with Crippen molar-refractivity contribution in [3.05, 3.63) is 78.5 Å². The minimum absolute atomic E-state index is 0.0367. The number of hydrogen-bond acceptors (Lipinski definition) is 5. The predicted molar refractivity (Wildman–Crippen MR) is 120 cm³/mol. The molecular formula is C23H17N5O2S. The van der Waals surface area contributed by atoms with Gasteiger partial charge in [0.15, 0.2) is 0 Å². The van der Waals surface area contributed by atoms with Crippen LogP contribution in [0.3, 0.4) is 0 Å². The molecule has 0 saturated heterocycles. The number of amides is 2. The lowest BCUT2D eigenvalue weighted by molar-refractivity contribution is -0.126. The molecule has 0 saturated carbocycles. The van der Waals surface area contributed by atoms with Gasteiger partial charge in [0.1, 0.15) is 11.2 Å². The molecule has 4 heterocycles. The highest BCUT2D eigenvalue weighted by Gasteiger charge is 2.56. The van der Waals surface area contributed by atoms with Gasteiger partial charge in [0.2, 0.25) is 16.9 Å². The van der Waals surface area contributed by atoms with Crippen LogP contribution < -0.4 is 10.2 Å². The van der Waals surface area contributed by atoms with E-state index in [2.05, 4.69) is 22.0 Å². The van der Waals surface area contributed by atoms with Crippen molar-refractivity contribution < 1.29 is 9.59 Å². The zero-order valence-corrected chi connectivity index (χ0v) is 17.2. The second-order valence-electron chi connectivity index (χ2n) is 7.63. The van der Waals surface area contributed by atoms with E-state index in [1.54, 1.807) is 21.9 Å². The smallest absolute Gasteiger partial charge is 0.243 e. The molecule has 2 aliphatic rings. The highest BCUT2D eigenvalue weighted by molar-refractivity contribution is 7.20. The van der Waals surface area contributed by atoms with Gasteiger partial charge in [0, 0.05) is 24.2 Å². The van der Waals surface area contributed by atoms with E-state index < -0.39 is 5.41 Å². The van der Waals surface area contributed by atoms with E-state index in [9.17, 15) is 9.59 Å². The summed E-state index contributed by atoms with van der Waals surface area (Å²) in [6, 6.07) is 15.5. The monoisotopic (exact) mass is 427 g/mol. The molecule has 0 radical (unpaired) electrons. The first-order valence-electron chi connectivity index (χ1n) is 9.90. The molecule has 1 atom stereocenters. The molecule has 0 unspecified atom stereocenters. The molecule has 2 aromatic heterocycles. The molecule has 6 rings (SSSR count). The Morgan fingerprint density at radius 1 is 1.13 bits per heavy atom. The van der Waals surface area contributed by atoms with Crippen molar-refractivity contribution in [3.63, 3.8) is 0 Å². The molecule has 8 heteroatoms. The summed E-state index contributed by atoms with van der Waals surface area (Å²) in [5.41, 5.74) is 2.08. The van der Waals surface area contributed by atoms with Crippen LogP contribution in [0.4, 0.5) is 11.5 Å². The topological polar surface area (TPSA) is 80.1 Å². The molecule has 0 fully saturated rings. The Balaban J connectivity index is 1.59. The number of aromatic nitrogens is 3. The Kier molecular flexibility index (Phi) is 3.70. The fourth-order valence-electron chi connectivity index (χ4n) is 4.66. The minimum Gasteiger partial charge on any atom is -0.310 e. The van der Waals surface area contributed by atoms with Gasteiger partial charge in [-0.3, -0.25) is 9.59 Å². The molecule has 0 aliphatic carbocycles. The van der Waals surface area contributed by atoms with Gasteiger partial charge >= 0.3 is 0 Å². The van der Waals surface area contributed by atoms with E-state index in [-0.39, 0.29) is 18.2 Å². The number of hydrogen-bond donors (Lipinski definition) is 1. The zero-order chi connectivity index (χ0) is 21.2. The first-order valence-corrected chi connectivity index (χ1v) is 10.7. The van der Waals surface area contributed by atoms with E-state index >= 15 is 0 Å². The Morgan fingerprint density at radius 3 is 2.77 bits per heavy atom. The number of nitrogens with zero attached hydrogens (tertiary/aromatic N) is 4. The summed E-state index contributed by atoms with van der Waals surface area (Å²) in [6.07, 6.45) is 3.42. The van der Waals surface area contributed by atoms with Crippen molar-refractivity contribution in [1.82, 2.24) is 14.8 Å². The largest absolute Gasteiger partial charge is 0.310 e. The summed E-state index contributed by atoms with van der Waals surface area (Å²) in [5.74, 6) is 0.145. The average molecular weight is 427 g/mol. The maximum absolute atomic E-state index is 13.8. The number of thiazole rings is 1. The van der Waals surface area contributed by atoms with Crippen molar-refractivity contribution in [2.75, 3.05) is 16.8 Å². The molecule has 31 heavy (non-hydrogen) atoms. The van der Waals surface area contributed by atoms with Crippen LogP contribution in [0.15, 0.2) is 67.4 Å². The van der Waals surface area contributed by atoms with Crippen molar-refractivity contribution >= 4 is 44.9 Å². The van der Waals surface area contributed by atoms with Gasteiger partial charge in [-0.15, -0.1) is 6.58 Å². The van der Waals surface area contributed by atoms with Gasteiger partial charge in [-0.2, -0.15) is 9.78 Å². The lowest BCUT2D eigenvalue weighted by Gasteiger charge is -2.32. The van der Waals surface area contributed by atoms with E-state index in [0.29, 0.717) is 23.1 Å². The predicted octanol–water partition coefficient (Wildman–Crippen LogP) is 3.64. The number of benzene rings is 2. The van der Waals surface area contributed by atoms with Crippen molar-refractivity contribution in [3.8, 4) is 5.13 Å². The fourth-order valence-corrected chi connectivity index (χ4v) is 5.59. The summed E-state index contributed by atoms with van der Waals surface area (Å²) in [5, 5.41) is 8.13. The molecule has 152 valence electrons. The Hall–Kier alpha value is -3.78. The Morgan fingerprint density at radius 2 is 1.94 bits per heavy atom. The standard InChI is InChI=1S/C23H17N5O2S/c1-2-11-27-17-9-5-3-7-14(17)23(21(27)30)12-19(29)26-20-15(23)13-24-28(20)22-25-16-8-4-6-10-18(16)31-22/h2-10,13H,1,11-12H2,(H,26,29)/t23-/m1/s1. The maximum Gasteiger partial charge on any atom is 0.243 e. The number of rotatable bonds is 3. The van der Waals surface area contributed by atoms with Gasteiger partial charge in [0.25, 0.3) is 0 Å². The zero-order valence-electron chi connectivity index (χ0n) is 16.4. The van der Waals surface area contributed by atoms with Crippen molar-refractivity contribution in [2.45, 2.75) is 11.8 Å². The molecule has 0 bridgehead atoms. The first kappa shape index (κ1) is 18.0. The SMILES string of the molecule is C=CCN1C(=O)[C@]2(CC(=O)Nc3c2cnn3-c2nc3ccccc3s2)c2ccccc21. The van der Waals surface area contributed by atoms with Crippen LogP contribution in [-0.4, -0.2) is 33.1 Å². The van der Waals surface area contributed by atoms with E-state index in [4.69, 9.17) is 0 Å². The molecule has 1 N–H and O–H groups in total. The highest BCUT2D eigenvalue weighted by atomic mass is 32.1. The van der Waals surface area contributed by atoms with E-state index in [1.165, 1.54) is 11.3 Å². The number of nitrogens with one attached hydrogen (secondary N) is 1. The van der Waals surface area contributed by atoms with Crippen LogP contribution in [-0.2, 0) is 15.0 Å². The molecule has 7 nitrogen and oxygen atoms in total. The normalized spacial score (nSPS) is 19.5. The van der Waals surface area contributed by atoms with Crippen LogP contribution in [0.25, 0.3) is 15.3 Å². The van der Waals surface area contributed by atoms with Crippen molar-refractivity contribution in [1.29, 1.82) is 0 Å². The van der Waals surface area contributed by atoms with Crippen molar-refractivity contribution in [2.24, 2.45) is 0 Å². The molecule has 4 aromatic rings. The number of para-hydroxylation sites is 2. The van der Waals surface area contributed by atoms with Crippen LogP contribution in [0.1, 0.15) is 17.5 Å². The quantitative estimate of drug-likeness (QED) is 0.506. The molecular weight excluding hydrogens is 410 g/mol. The maximum atomic E-state index is 13.8. The van der Waals surface area contributed by atoms with Crippen LogP contribution in [0, 0.1) is 0 Å². The van der Waals surface area contributed by atoms with Gasteiger partial charge in [-0.1, -0.05) is 47.7 Å². The first-order chi connectivity index (χ1) is 15.1. The van der Waals surface area contributed by atoms with Gasteiger partial charge in [-0.25, -0.2) is 4.98 Å². The van der Waals surface area contributed by atoms with Gasteiger partial charge in [0.05, 0.1) is 16.4 Å². The van der Waals surface area contributed by atoms with Crippen LogP contribution in [0.2, 0.25) is 0 Å². The second-order valence-corrected chi connectivity index (χ2v) is 8.64. The van der Waals surface area contributed by atoms with Crippen LogP contribution in [0.5, 0.6) is 0 Å². The molecule has 2 aliphatic heterocycles. The summed E-state index contributed by atoms with van der Waals surface area (Å²) < 4.78 is 2.66. The third-order valence-corrected chi connectivity index (χ3v) is 6.96. The third-order valence-electron chi connectivity index (χ3n) is 5.95. The number of carbonyl (C=O) groups is 2. The van der Waals surface area contributed by atoms with Gasteiger partial charge in [-0.05, 0) is 23.8 Å². The minimum atomic E-state index is -1.10. The summed E-state index contributed by atoms with van der Waals surface area (Å²) in [4.78, 5) is 33.0. The molecule has 1 spiro atoms. The molecule has 2 aromatic carbocycles. The summed E-state index contributed by atoms with van der Waals surface area (Å²) in [6.45, 7) is 4.17. The summed E-state index contributed by atoms with van der Waals surface area (Å²) >= 11 is 1.48. The van der Waals surface area contributed by atoms with Gasteiger partial charge < -0.3 is 10.2 Å². The third kappa shape index (κ3) is 2.33. The Labute approximate surface area is 181 Å². The summed E-state index contributed by atoms with van der Waals surface area (Å²) in [7, 11) is 0. The van der Waals surface area contributed by atoms with E-state index in [1.807, 2.05) is 48.5 Å². The molecule has 2 amide bonds. The second kappa shape index (κ2) is 6.36. The fraction of sp³-hybridized carbons (Fsp3) is 0.130. The van der Waals surface area contributed by atoms with Crippen LogP contribution >= 0.6 is 11.3 Å². The lowest BCUT2D eigenvalue weighted by Crippen LogP contribution is -2.46.